The van der Waals surface area contributed by atoms with Gasteiger partial charge in [0.05, 0.1) is 18.3 Å². The third-order valence-electron chi connectivity index (χ3n) is 6.24. The fourth-order valence-electron chi connectivity index (χ4n) is 4.50. The maximum absolute atomic E-state index is 13.4. The first-order chi connectivity index (χ1) is 15.1. The van der Waals surface area contributed by atoms with Crippen LogP contribution in [0.5, 0.6) is 0 Å². The Morgan fingerprint density at radius 1 is 1.19 bits per heavy atom. The Balaban J connectivity index is 1.60. The Hall–Kier alpha value is -2.51. The second kappa shape index (κ2) is 9.75. The van der Waals surface area contributed by atoms with E-state index in [0.29, 0.717) is 18.8 Å². The first-order valence-corrected chi connectivity index (χ1v) is 11.3. The molecule has 4 rings (SSSR count). The van der Waals surface area contributed by atoms with Crippen molar-refractivity contribution in [3.8, 4) is 0 Å². The Morgan fingerprint density at radius 3 is 2.74 bits per heavy atom. The minimum atomic E-state index is -0.0820. The molecular formula is C24H33N5O2. The van der Waals surface area contributed by atoms with Crippen LogP contribution >= 0.6 is 0 Å². The van der Waals surface area contributed by atoms with Crippen LogP contribution in [-0.4, -0.2) is 59.5 Å². The lowest BCUT2D eigenvalue weighted by Gasteiger charge is -2.36. The highest BCUT2D eigenvalue weighted by atomic mass is 16.5. The van der Waals surface area contributed by atoms with Gasteiger partial charge in [0.15, 0.2) is 5.82 Å². The van der Waals surface area contributed by atoms with Gasteiger partial charge in [-0.25, -0.2) is 9.97 Å². The van der Waals surface area contributed by atoms with Crippen LogP contribution in [0.3, 0.4) is 0 Å². The van der Waals surface area contributed by atoms with Crippen LogP contribution in [0.15, 0.2) is 24.3 Å². The molecule has 2 aliphatic rings. The molecule has 1 atom stereocenters. The summed E-state index contributed by atoms with van der Waals surface area (Å²) in [5.41, 5.74) is 4.08. The molecule has 2 aromatic rings. The molecule has 3 heterocycles. The number of carbonyl (C=O) groups is 1. The monoisotopic (exact) mass is 423 g/mol. The number of hydrogen-bond acceptors (Lipinski definition) is 6. The van der Waals surface area contributed by atoms with E-state index in [1.165, 1.54) is 5.56 Å². The molecule has 1 aromatic heterocycles. The quantitative estimate of drug-likeness (QED) is 0.768. The Kier molecular flexibility index (Phi) is 6.83. The van der Waals surface area contributed by atoms with Crippen LogP contribution in [0.4, 0.5) is 5.82 Å². The molecule has 0 spiro atoms. The topological polar surface area (TPSA) is 70.6 Å². The van der Waals surface area contributed by atoms with Crippen LogP contribution in [-0.2, 0) is 24.3 Å². The van der Waals surface area contributed by atoms with Gasteiger partial charge in [0.1, 0.15) is 5.82 Å². The van der Waals surface area contributed by atoms with E-state index in [4.69, 9.17) is 14.7 Å². The summed E-state index contributed by atoms with van der Waals surface area (Å²) in [5, 5.41) is 3.26. The molecule has 0 bridgehead atoms. The van der Waals surface area contributed by atoms with E-state index < -0.39 is 0 Å². The summed E-state index contributed by atoms with van der Waals surface area (Å²) in [5.74, 6) is 1.72. The highest BCUT2D eigenvalue weighted by Crippen LogP contribution is 2.33. The maximum Gasteiger partial charge on any atom is 0.254 e. The number of aromatic nitrogens is 2. The fourth-order valence-corrected chi connectivity index (χ4v) is 4.50. The number of nitrogens with one attached hydrogen (secondary N) is 1. The van der Waals surface area contributed by atoms with Gasteiger partial charge >= 0.3 is 0 Å². The maximum atomic E-state index is 13.4. The fraction of sp³-hybridized carbons (Fsp3) is 0.542. The largest absolute Gasteiger partial charge is 0.377 e. The lowest BCUT2D eigenvalue weighted by molar-refractivity contribution is 0.0599. The van der Waals surface area contributed by atoms with Gasteiger partial charge in [-0.3, -0.25) is 4.79 Å². The van der Waals surface area contributed by atoms with E-state index in [2.05, 4.69) is 17.3 Å². The molecule has 0 radical (unpaired) electrons. The van der Waals surface area contributed by atoms with E-state index in [-0.39, 0.29) is 11.9 Å². The Morgan fingerprint density at radius 2 is 2.00 bits per heavy atom. The number of likely N-dealkylation sites (tertiary alicyclic amines) is 1. The van der Waals surface area contributed by atoms with Gasteiger partial charge in [-0.1, -0.05) is 12.1 Å². The van der Waals surface area contributed by atoms with Crippen molar-refractivity contribution < 1.29 is 9.53 Å². The van der Waals surface area contributed by atoms with Gasteiger partial charge in [0, 0.05) is 50.8 Å². The Bertz CT molecular complexity index is 898. The summed E-state index contributed by atoms with van der Waals surface area (Å²) in [7, 11) is 4.03. The van der Waals surface area contributed by atoms with Gasteiger partial charge in [-0.2, -0.15) is 0 Å². The summed E-state index contributed by atoms with van der Waals surface area (Å²) in [6, 6.07) is 7.69. The van der Waals surface area contributed by atoms with E-state index in [0.717, 1.165) is 68.2 Å². The molecule has 0 saturated carbocycles. The first kappa shape index (κ1) is 21.7. The predicted octanol–water partition coefficient (Wildman–Crippen LogP) is 3.41. The molecule has 31 heavy (non-hydrogen) atoms. The summed E-state index contributed by atoms with van der Waals surface area (Å²) in [4.78, 5) is 27.5. The molecule has 0 aliphatic carbocycles. The first-order valence-electron chi connectivity index (χ1n) is 11.3. The number of carbonyl (C=O) groups excluding carboxylic acids is 1. The smallest absolute Gasteiger partial charge is 0.254 e. The number of ether oxygens (including phenoxy) is 1. The molecule has 2 aliphatic heterocycles. The number of fused-ring (bicyclic) bond motifs is 1. The minimum Gasteiger partial charge on any atom is -0.377 e. The van der Waals surface area contributed by atoms with Crippen LogP contribution < -0.4 is 5.32 Å². The number of piperidine rings is 1. The van der Waals surface area contributed by atoms with Crippen molar-refractivity contribution >= 4 is 11.7 Å². The zero-order chi connectivity index (χ0) is 21.8. The van der Waals surface area contributed by atoms with Crippen LogP contribution in [0.1, 0.15) is 65.2 Å². The summed E-state index contributed by atoms with van der Waals surface area (Å²) >= 11 is 0. The lowest BCUT2D eigenvalue weighted by atomic mass is 9.98. The van der Waals surface area contributed by atoms with Crippen molar-refractivity contribution in [3.63, 3.8) is 0 Å². The van der Waals surface area contributed by atoms with Crippen molar-refractivity contribution in [2.24, 2.45) is 0 Å². The highest BCUT2D eigenvalue weighted by Gasteiger charge is 2.32. The van der Waals surface area contributed by atoms with Crippen LogP contribution in [0.2, 0.25) is 0 Å². The number of anilines is 1. The average Bonchev–Trinajstić information content (AvgIpc) is 2.82. The number of benzene rings is 1. The SMILES string of the molecule is CCOCc1ccc(C(=O)N2CCCC[C@H]2c2nc3c(c(NC)n2)CN(C)CC3)cc1. The second-order valence-electron chi connectivity index (χ2n) is 8.44. The average molecular weight is 424 g/mol. The number of hydrogen-bond donors (Lipinski definition) is 1. The van der Waals surface area contributed by atoms with Crippen molar-refractivity contribution in [1.82, 2.24) is 19.8 Å². The molecule has 7 nitrogen and oxygen atoms in total. The summed E-state index contributed by atoms with van der Waals surface area (Å²) < 4.78 is 5.46. The minimum absolute atomic E-state index is 0.0553. The zero-order valence-electron chi connectivity index (χ0n) is 18.9. The van der Waals surface area contributed by atoms with Gasteiger partial charge in [-0.15, -0.1) is 0 Å². The molecule has 1 aromatic carbocycles. The number of amides is 1. The van der Waals surface area contributed by atoms with E-state index in [1.54, 1.807) is 0 Å². The molecule has 1 N–H and O–H groups in total. The van der Waals surface area contributed by atoms with Crippen molar-refractivity contribution in [3.05, 3.63) is 52.5 Å². The number of nitrogens with zero attached hydrogens (tertiary/aromatic N) is 4. The van der Waals surface area contributed by atoms with Gasteiger partial charge in [0.2, 0.25) is 0 Å². The third kappa shape index (κ3) is 4.72. The van der Waals surface area contributed by atoms with Crippen molar-refractivity contribution in [1.29, 1.82) is 0 Å². The van der Waals surface area contributed by atoms with Crippen LogP contribution in [0, 0.1) is 0 Å². The summed E-state index contributed by atoms with van der Waals surface area (Å²) in [6.07, 6.45) is 3.91. The van der Waals surface area contributed by atoms with Gasteiger partial charge in [-0.05, 0) is 50.9 Å². The normalized spacial score (nSPS) is 19.2. The summed E-state index contributed by atoms with van der Waals surface area (Å²) in [6.45, 7) is 5.82. The van der Waals surface area contributed by atoms with Gasteiger partial charge < -0.3 is 19.9 Å². The number of rotatable bonds is 6. The van der Waals surface area contributed by atoms with E-state index in [9.17, 15) is 4.79 Å². The van der Waals surface area contributed by atoms with Crippen LogP contribution in [0.25, 0.3) is 0 Å². The molecule has 0 unspecified atom stereocenters. The molecule has 1 fully saturated rings. The van der Waals surface area contributed by atoms with Crippen molar-refractivity contribution in [2.45, 2.75) is 51.8 Å². The molecule has 7 heteroatoms. The van der Waals surface area contributed by atoms with Crippen molar-refractivity contribution in [2.75, 3.05) is 39.1 Å². The Labute approximate surface area is 184 Å². The van der Waals surface area contributed by atoms with E-state index >= 15 is 0 Å². The zero-order valence-corrected chi connectivity index (χ0v) is 18.9. The molecular weight excluding hydrogens is 390 g/mol. The molecule has 1 amide bonds. The molecule has 166 valence electrons. The second-order valence-corrected chi connectivity index (χ2v) is 8.44. The lowest BCUT2D eigenvalue weighted by Crippen LogP contribution is -2.40. The highest BCUT2D eigenvalue weighted by molar-refractivity contribution is 5.94. The van der Waals surface area contributed by atoms with E-state index in [1.807, 2.05) is 43.1 Å². The van der Waals surface area contributed by atoms with Gasteiger partial charge in [0.25, 0.3) is 5.91 Å². The predicted molar refractivity (Wildman–Crippen MR) is 121 cm³/mol. The standard InChI is InChI=1S/C24H33N5O2/c1-4-31-16-17-8-10-18(11-9-17)24(30)29-13-6-5-7-21(29)23-26-20-12-14-28(3)15-19(20)22(25-2)27-23/h8-11,21H,4-7,12-16H2,1-3H3,(H,25,26,27)/t21-/m0/s1. The third-order valence-corrected chi connectivity index (χ3v) is 6.24. The molecule has 1 saturated heterocycles. The number of likely N-dealkylation sites (N-methyl/N-ethyl adjacent to an activating group) is 1.